The Morgan fingerprint density at radius 2 is 2.11 bits per heavy atom. The monoisotopic (exact) mass is 259 g/mol. The van der Waals surface area contributed by atoms with E-state index in [1.807, 2.05) is 31.2 Å². The van der Waals surface area contributed by atoms with Gasteiger partial charge >= 0.3 is 0 Å². The van der Waals surface area contributed by atoms with E-state index in [0.29, 0.717) is 12.1 Å². The summed E-state index contributed by atoms with van der Waals surface area (Å²) in [5.41, 5.74) is 2.54. The Hall–Kier alpha value is -2.06. The van der Waals surface area contributed by atoms with E-state index in [4.69, 9.17) is 10.00 Å². The van der Waals surface area contributed by atoms with E-state index >= 15 is 0 Å². The Bertz CT molecular complexity index is 569. The predicted molar refractivity (Wildman–Crippen MR) is 71.9 cm³/mol. The molecule has 92 valence electrons. The normalized spacial score (nSPS) is 9.83. The lowest BCUT2D eigenvalue weighted by atomic mass is 10.2. The van der Waals surface area contributed by atoms with Crippen LogP contribution in [0, 0.1) is 18.3 Å². The number of hydrogen-bond acceptors (Lipinski definition) is 5. The van der Waals surface area contributed by atoms with Crippen LogP contribution in [0.15, 0.2) is 24.3 Å². The van der Waals surface area contributed by atoms with E-state index in [-0.39, 0.29) is 0 Å². The number of aromatic nitrogens is 1. The first kappa shape index (κ1) is 12.4. The average Bonchev–Trinajstić information content (AvgIpc) is 2.77. The van der Waals surface area contributed by atoms with Gasteiger partial charge in [-0.1, -0.05) is 12.1 Å². The summed E-state index contributed by atoms with van der Waals surface area (Å²) >= 11 is 1.32. The largest absolute Gasteiger partial charge is 0.497 e. The van der Waals surface area contributed by atoms with Crippen molar-refractivity contribution in [3.8, 4) is 11.8 Å². The number of nitrogens with one attached hydrogen (secondary N) is 1. The van der Waals surface area contributed by atoms with Gasteiger partial charge in [0, 0.05) is 6.54 Å². The Morgan fingerprint density at radius 3 is 2.72 bits per heavy atom. The number of ether oxygens (including phenoxy) is 1. The van der Waals surface area contributed by atoms with Gasteiger partial charge in [0.05, 0.1) is 12.8 Å². The van der Waals surface area contributed by atoms with E-state index in [0.717, 1.165) is 22.0 Å². The maximum atomic E-state index is 9.01. The summed E-state index contributed by atoms with van der Waals surface area (Å²) < 4.78 is 9.26. The third-order valence-corrected chi connectivity index (χ3v) is 3.48. The molecule has 0 amide bonds. The zero-order valence-electron chi connectivity index (χ0n) is 10.2. The van der Waals surface area contributed by atoms with Crippen molar-refractivity contribution in [3.63, 3.8) is 0 Å². The first-order chi connectivity index (χ1) is 8.74. The van der Waals surface area contributed by atoms with Crippen molar-refractivity contribution in [3.05, 3.63) is 41.1 Å². The summed E-state index contributed by atoms with van der Waals surface area (Å²) in [6.07, 6.45) is 0. The summed E-state index contributed by atoms with van der Waals surface area (Å²) in [7, 11) is 1.65. The molecule has 0 unspecified atom stereocenters. The van der Waals surface area contributed by atoms with Gasteiger partial charge in [-0.05, 0) is 36.2 Å². The Kier molecular flexibility index (Phi) is 3.80. The third kappa shape index (κ3) is 2.60. The smallest absolute Gasteiger partial charge is 0.127 e. The van der Waals surface area contributed by atoms with Gasteiger partial charge < -0.3 is 10.1 Å². The molecule has 0 spiro atoms. The van der Waals surface area contributed by atoms with Gasteiger partial charge in [-0.3, -0.25) is 0 Å². The molecular formula is C13H13N3OS. The highest BCUT2D eigenvalue weighted by molar-refractivity contribution is 7.10. The van der Waals surface area contributed by atoms with Gasteiger partial charge in [-0.25, -0.2) is 0 Å². The lowest BCUT2D eigenvalue weighted by molar-refractivity contribution is 0.414. The van der Waals surface area contributed by atoms with Crippen LogP contribution in [0.25, 0.3) is 0 Å². The molecule has 0 saturated carbocycles. The molecule has 0 aliphatic heterocycles. The predicted octanol–water partition coefficient (Wildman–Crippen LogP) is 2.94. The molecule has 0 fully saturated rings. The second kappa shape index (κ2) is 5.52. The average molecular weight is 259 g/mol. The fourth-order valence-corrected chi connectivity index (χ4v) is 2.29. The van der Waals surface area contributed by atoms with Crippen molar-refractivity contribution in [2.24, 2.45) is 0 Å². The van der Waals surface area contributed by atoms with Crippen molar-refractivity contribution in [1.29, 1.82) is 5.26 Å². The van der Waals surface area contributed by atoms with Crippen molar-refractivity contribution in [1.82, 2.24) is 4.37 Å². The number of anilines is 1. The molecule has 0 bridgehead atoms. The Balaban J connectivity index is 2.04. The summed E-state index contributed by atoms with van der Waals surface area (Å²) in [5, 5.41) is 13.1. The zero-order chi connectivity index (χ0) is 13.0. The van der Waals surface area contributed by atoms with Gasteiger partial charge in [0.2, 0.25) is 0 Å². The quantitative estimate of drug-likeness (QED) is 0.917. The van der Waals surface area contributed by atoms with Crippen molar-refractivity contribution < 1.29 is 4.74 Å². The lowest BCUT2D eigenvalue weighted by Gasteiger charge is -2.05. The molecule has 2 aromatic rings. The molecule has 1 heterocycles. The van der Waals surface area contributed by atoms with Gasteiger partial charge in [-0.2, -0.15) is 9.64 Å². The minimum Gasteiger partial charge on any atom is -0.497 e. The maximum Gasteiger partial charge on any atom is 0.127 e. The van der Waals surface area contributed by atoms with Crippen LogP contribution in [0.5, 0.6) is 5.75 Å². The molecule has 0 saturated heterocycles. The van der Waals surface area contributed by atoms with Crippen LogP contribution in [0.3, 0.4) is 0 Å². The fraction of sp³-hybridized carbons (Fsp3) is 0.231. The van der Waals surface area contributed by atoms with Crippen molar-refractivity contribution in [2.75, 3.05) is 12.4 Å². The number of hydrogen-bond donors (Lipinski definition) is 1. The van der Waals surface area contributed by atoms with Gasteiger partial charge in [0.1, 0.15) is 22.4 Å². The topological polar surface area (TPSA) is 57.9 Å². The molecule has 0 atom stereocenters. The van der Waals surface area contributed by atoms with Crippen LogP contribution >= 0.6 is 11.5 Å². The van der Waals surface area contributed by atoms with E-state index in [1.165, 1.54) is 11.5 Å². The van der Waals surface area contributed by atoms with Gasteiger partial charge in [0.15, 0.2) is 0 Å². The van der Waals surface area contributed by atoms with Crippen LogP contribution in [0.2, 0.25) is 0 Å². The minimum atomic E-state index is 0.633. The summed E-state index contributed by atoms with van der Waals surface area (Å²) in [6, 6.07) is 9.98. The highest BCUT2D eigenvalue weighted by Crippen LogP contribution is 2.24. The first-order valence-electron chi connectivity index (χ1n) is 5.47. The molecule has 4 nitrogen and oxygen atoms in total. The molecule has 0 aliphatic carbocycles. The van der Waals surface area contributed by atoms with Crippen LogP contribution in [-0.4, -0.2) is 11.5 Å². The number of aryl methyl sites for hydroxylation is 1. The van der Waals surface area contributed by atoms with E-state index < -0.39 is 0 Å². The van der Waals surface area contributed by atoms with Crippen LogP contribution in [0.1, 0.15) is 16.8 Å². The number of rotatable bonds is 4. The molecular weight excluding hydrogens is 246 g/mol. The SMILES string of the molecule is COc1ccc(CNc2snc(C)c2C#N)cc1. The highest BCUT2D eigenvalue weighted by atomic mass is 32.1. The molecule has 1 N–H and O–H groups in total. The second-order valence-corrected chi connectivity index (χ2v) is 4.56. The highest BCUT2D eigenvalue weighted by Gasteiger charge is 2.09. The fourth-order valence-electron chi connectivity index (χ4n) is 1.55. The van der Waals surface area contributed by atoms with E-state index in [1.54, 1.807) is 7.11 Å². The van der Waals surface area contributed by atoms with Gasteiger partial charge in [0.25, 0.3) is 0 Å². The lowest BCUT2D eigenvalue weighted by Crippen LogP contribution is -1.99. The van der Waals surface area contributed by atoms with E-state index in [9.17, 15) is 0 Å². The Morgan fingerprint density at radius 1 is 1.39 bits per heavy atom. The first-order valence-corrected chi connectivity index (χ1v) is 6.25. The van der Waals surface area contributed by atoms with Crippen LogP contribution in [-0.2, 0) is 6.54 Å². The molecule has 18 heavy (non-hydrogen) atoms. The maximum absolute atomic E-state index is 9.01. The molecule has 2 rings (SSSR count). The molecule has 1 aromatic heterocycles. The molecule has 1 aromatic carbocycles. The standard InChI is InChI=1S/C13H13N3OS/c1-9-12(7-14)13(18-16-9)15-8-10-3-5-11(17-2)6-4-10/h3-6,15H,8H2,1-2H3. The summed E-state index contributed by atoms with van der Waals surface area (Å²) in [5.74, 6) is 0.838. The molecule has 0 aliphatic rings. The zero-order valence-corrected chi connectivity index (χ0v) is 11.0. The van der Waals surface area contributed by atoms with Crippen LogP contribution < -0.4 is 10.1 Å². The molecule has 0 radical (unpaired) electrons. The van der Waals surface area contributed by atoms with E-state index in [2.05, 4.69) is 15.8 Å². The molecule has 5 heteroatoms. The number of benzene rings is 1. The number of nitrogens with zero attached hydrogens (tertiary/aromatic N) is 2. The van der Waals surface area contributed by atoms with Gasteiger partial charge in [-0.15, -0.1) is 0 Å². The Labute approximate surface area is 110 Å². The van der Waals surface area contributed by atoms with Crippen molar-refractivity contribution in [2.45, 2.75) is 13.5 Å². The number of methoxy groups -OCH3 is 1. The summed E-state index contributed by atoms with van der Waals surface area (Å²) in [6.45, 7) is 2.51. The minimum absolute atomic E-state index is 0.633. The van der Waals surface area contributed by atoms with Crippen molar-refractivity contribution >= 4 is 16.5 Å². The third-order valence-electron chi connectivity index (χ3n) is 2.59. The van der Waals surface area contributed by atoms with Crippen LogP contribution in [0.4, 0.5) is 5.00 Å². The summed E-state index contributed by atoms with van der Waals surface area (Å²) in [4.78, 5) is 0. The second-order valence-electron chi connectivity index (χ2n) is 3.79. The number of nitriles is 1.